The summed E-state index contributed by atoms with van der Waals surface area (Å²) in [7, 11) is 5.39. The van der Waals surface area contributed by atoms with E-state index in [-0.39, 0.29) is 42.7 Å². The van der Waals surface area contributed by atoms with E-state index >= 15 is 0 Å². The summed E-state index contributed by atoms with van der Waals surface area (Å²) in [6, 6.07) is -0.729. The first-order valence-electron chi connectivity index (χ1n) is 21.8. The Labute approximate surface area is 337 Å². The number of carbonyl (C=O) groups is 3. The fourth-order valence-electron chi connectivity index (χ4n) is 6.00. The number of allylic oxidation sites excluding steroid dienone is 10. The summed E-state index contributed by atoms with van der Waals surface area (Å²) >= 11 is 0. The van der Waals surface area contributed by atoms with Crippen molar-refractivity contribution in [3.8, 4) is 0 Å². The number of carboxylic acids is 1. The highest BCUT2D eigenvalue weighted by atomic mass is 16.6. The van der Waals surface area contributed by atoms with Crippen LogP contribution in [-0.2, 0) is 28.6 Å². The molecule has 0 N–H and O–H groups in total. The molecule has 0 aromatic rings. The van der Waals surface area contributed by atoms with Gasteiger partial charge in [-0.25, -0.2) is 0 Å². The average Bonchev–Trinajstić information content (AvgIpc) is 3.14. The lowest BCUT2D eigenvalue weighted by Gasteiger charge is -2.34. The fourth-order valence-corrected chi connectivity index (χ4v) is 6.00. The van der Waals surface area contributed by atoms with Gasteiger partial charge in [0, 0.05) is 19.3 Å². The van der Waals surface area contributed by atoms with Gasteiger partial charge in [0.15, 0.2) is 6.10 Å². The first-order chi connectivity index (χ1) is 26.6. The van der Waals surface area contributed by atoms with Crippen molar-refractivity contribution in [1.29, 1.82) is 0 Å². The summed E-state index contributed by atoms with van der Waals surface area (Å²) in [4.78, 5) is 36.8. The summed E-state index contributed by atoms with van der Waals surface area (Å²) < 4.78 is 17.1. The van der Waals surface area contributed by atoms with Crippen molar-refractivity contribution < 1.29 is 38.2 Å². The van der Waals surface area contributed by atoms with Crippen molar-refractivity contribution in [2.24, 2.45) is 0 Å². The number of likely N-dealkylation sites (N-methyl/N-ethyl adjacent to an activating group) is 1. The molecule has 2 atom stereocenters. The summed E-state index contributed by atoms with van der Waals surface area (Å²) in [5.41, 5.74) is 0. The third-order valence-corrected chi connectivity index (χ3v) is 9.37. The molecule has 0 amide bonds. The predicted octanol–water partition coefficient (Wildman–Crippen LogP) is 10.5. The minimum absolute atomic E-state index is 0.0327. The Morgan fingerprint density at radius 1 is 0.564 bits per heavy atom. The number of unbranched alkanes of at least 4 members (excludes halogenated alkanes) is 14. The molecule has 0 aliphatic heterocycles. The van der Waals surface area contributed by atoms with Crippen LogP contribution < -0.4 is 5.11 Å². The largest absolute Gasteiger partial charge is 0.544 e. The van der Waals surface area contributed by atoms with Crippen LogP contribution in [0.4, 0.5) is 0 Å². The summed E-state index contributed by atoms with van der Waals surface area (Å²) in [5.74, 6) is -1.76. The molecule has 0 aliphatic carbocycles. The Morgan fingerprint density at radius 3 is 1.53 bits per heavy atom. The molecule has 0 rings (SSSR count). The number of rotatable bonds is 38. The van der Waals surface area contributed by atoms with E-state index in [1.54, 1.807) is 21.1 Å². The van der Waals surface area contributed by atoms with E-state index in [0.717, 1.165) is 89.9 Å². The SMILES string of the molecule is CC/C=C\C/C=C\C/C=C\C/C=C\CCCCCCCCCCC(=O)OC(COCCC(C(=O)[O-])[N+](C)(C)C)COC(=O)CCCCCCC/C=C\CCC. The number of esters is 2. The Hall–Kier alpha value is -2.97. The number of aliphatic carboxylic acids is 1. The van der Waals surface area contributed by atoms with Crippen molar-refractivity contribution in [2.45, 2.75) is 180 Å². The molecule has 0 aromatic carbocycles. The molecule has 8 heteroatoms. The topological polar surface area (TPSA) is 102 Å². The van der Waals surface area contributed by atoms with Crippen LogP contribution in [0.2, 0.25) is 0 Å². The number of quaternary nitrogens is 1. The van der Waals surface area contributed by atoms with Gasteiger partial charge in [0.05, 0.1) is 40.3 Å². The minimum atomic E-state index is -1.13. The Kier molecular flexibility index (Phi) is 35.9. The van der Waals surface area contributed by atoms with Gasteiger partial charge in [-0.3, -0.25) is 9.59 Å². The first-order valence-corrected chi connectivity index (χ1v) is 21.8. The van der Waals surface area contributed by atoms with Crippen LogP contribution in [0.15, 0.2) is 60.8 Å². The van der Waals surface area contributed by atoms with Gasteiger partial charge < -0.3 is 28.6 Å². The van der Waals surface area contributed by atoms with Crippen LogP contribution in [0.1, 0.15) is 168 Å². The van der Waals surface area contributed by atoms with E-state index in [1.807, 2.05) is 0 Å². The predicted molar refractivity (Wildman–Crippen MR) is 226 cm³/mol. The van der Waals surface area contributed by atoms with Crippen LogP contribution in [0.5, 0.6) is 0 Å². The number of carbonyl (C=O) groups excluding carboxylic acids is 3. The van der Waals surface area contributed by atoms with E-state index in [2.05, 4.69) is 74.6 Å². The smallest absolute Gasteiger partial charge is 0.306 e. The zero-order valence-corrected chi connectivity index (χ0v) is 35.8. The van der Waals surface area contributed by atoms with Crippen LogP contribution >= 0.6 is 0 Å². The van der Waals surface area contributed by atoms with Gasteiger partial charge in [-0.05, 0) is 70.6 Å². The lowest BCUT2D eigenvalue weighted by atomic mass is 10.1. The van der Waals surface area contributed by atoms with Gasteiger partial charge >= 0.3 is 11.9 Å². The summed E-state index contributed by atoms with van der Waals surface area (Å²) in [6.45, 7) is 4.46. The maximum atomic E-state index is 12.7. The molecule has 316 valence electrons. The quantitative estimate of drug-likeness (QED) is 0.0266. The van der Waals surface area contributed by atoms with Crippen molar-refractivity contribution in [1.82, 2.24) is 0 Å². The van der Waals surface area contributed by atoms with Crippen molar-refractivity contribution in [3.63, 3.8) is 0 Å². The standard InChI is InChI=1S/C47H81NO7/c1-6-8-10-12-14-16-18-19-20-21-22-23-24-25-26-27-28-30-32-34-36-38-46(50)55-43(41-53-40-39-44(47(51)52)48(3,4)5)42-54-45(49)37-35-33-31-29-17-15-13-11-9-7-2/h8,10-11,13-14,16,19-20,22-23,43-44H,6-7,9,12,15,17-18,21,24-42H2,1-5H3/b10-8-,13-11-,16-14-,20-19-,23-22-. The van der Waals surface area contributed by atoms with E-state index in [0.29, 0.717) is 12.8 Å². The Bertz CT molecular complexity index is 1090. The van der Waals surface area contributed by atoms with E-state index < -0.39 is 18.1 Å². The molecule has 0 heterocycles. The van der Waals surface area contributed by atoms with E-state index in [4.69, 9.17) is 14.2 Å². The zero-order chi connectivity index (χ0) is 40.7. The zero-order valence-electron chi connectivity index (χ0n) is 35.8. The number of nitrogens with zero attached hydrogens (tertiary/aromatic N) is 1. The highest BCUT2D eigenvalue weighted by Crippen LogP contribution is 2.13. The van der Waals surface area contributed by atoms with E-state index in [9.17, 15) is 19.5 Å². The van der Waals surface area contributed by atoms with Gasteiger partial charge in [-0.1, -0.05) is 139 Å². The van der Waals surface area contributed by atoms with E-state index in [1.165, 1.54) is 44.9 Å². The molecular formula is C47H81NO7. The lowest BCUT2D eigenvalue weighted by molar-refractivity contribution is -0.889. The number of ether oxygens (including phenoxy) is 3. The highest BCUT2D eigenvalue weighted by molar-refractivity contribution is 5.70. The van der Waals surface area contributed by atoms with Gasteiger partial charge in [-0.2, -0.15) is 0 Å². The molecule has 0 radical (unpaired) electrons. The van der Waals surface area contributed by atoms with Crippen LogP contribution in [0.25, 0.3) is 0 Å². The third kappa shape index (κ3) is 36.4. The monoisotopic (exact) mass is 772 g/mol. The molecule has 2 unspecified atom stereocenters. The molecule has 55 heavy (non-hydrogen) atoms. The summed E-state index contributed by atoms with van der Waals surface area (Å²) in [6.07, 6.45) is 45.3. The number of hydrogen-bond donors (Lipinski definition) is 0. The molecule has 0 saturated carbocycles. The first kappa shape index (κ1) is 52.0. The van der Waals surface area contributed by atoms with Gasteiger partial charge in [-0.15, -0.1) is 0 Å². The van der Waals surface area contributed by atoms with Gasteiger partial charge in [0.2, 0.25) is 0 Å². The van der Waals surface area contributed by atoms with Gasteiger partial charge in [0.25, 0.3) is 0 Å². The van der Waals surface area contributed by atoms with Crippen LogP contribution in [0, 0.1) is 0 Å². The molecular weight excluding hydrogens is 691 g/mol. The lowest BCUT2D eigenvalue weighted by Crippen LogP contribution is -2.55. The third-order valence-electron chi connectivity index (χ3n) is 9.37. The normalized spacial score (nSPS) is 13.5. The van der Waals surface area contributed by atoms with Crippen LogP contribution in [0.3, 0.4) is 0 Å². The molecule has 0 spiro atoms. The van der Waals surface area contributed by atoms with Crippen molar-refractivity contribution >= 4 is 17.9 Å². The van der Waals surface area contributed by atoms with Crippen molar-refractivity contribution in [2.75, 3.05) is 41.0 Å². The molecule has 0 bridgehead atoms. The van der Waals surface area contributed by atoms with Crippen LogP contribution in [-0.4, -0.2) is 75.5 Å². The fraction of sp³-hybridized carbons (Fsp3) is 0.723. The highest BCUT2D eigenvalue weighted by Gasteiger charge is 2.25. The second-order valence-corrected chi connectivity index (χ2v) is 15.5. The van der Waals surface area contributed by atoms with Gasteiger partial charge in [0.1, 0.15) is 12.6 Å². The Morgan fingerprint density at radius 2 is 1.02 bits per heavy atom. The molecule has 0 aliphatic rings. The average molecular weight is 772 g/mol. The maximum Gasteiger partial charge on any atom is 0.306 e. The summed E-state index contributed by atoms with van der Waals surface area (Å²) in [5, 5.41) is 11.6. The Balaban J connectivity index is 4.31. The molecule has 0 fully saturated rings. The molecule has 0 saturated heterocycles. The molecule has 0 aromatic heterocycles. The van der Waals surface area contributed by atoms with Crippen molar-refractivity contribution in [3.05, 3.63) is 60.8 Å². The second-order valence-electron chi connectivity index (χ2n) is 15.5. The maximum absolute atomic E-state index is 12.7. The molecule has 8 nitrogen and oxygen atoms in total. The number of carboxylic acid groups (broad SMARTS) is 1. The number of hydrogen-bond acceptors (Lipinski definition) is 7. The minimum Gasteiger partial charge on any atom is -0.544 e. The second kappa shape index (κ2) is 37.9.